The number of hydrogen-bond acceptors (Lipinski definition) is 5. The van der Waals surface area contributed by atoms with Crippen molar-refractivity contribution >= 4 is 11.8 Å². The molecule has 146 valence electrons. The van der Waals surface area contributed by atoms with Crippen LogP contribution in [-0.2, 0) is 11.2 Å². The number of carbonyl (C=O) groups excluding carboxylic acids is 1. The molecule has 2 aromatic rings. The molecule has 2 aromatic carbocycles. The Labute approximate surface area is 160 Å². The predicted molar refractivity (Wildman–Crippen MR) is 106 cm³/mol. The Hall–Kier alpha value is -2.73. The molecule has 1 amide bonds. The third-order valence-electron chi connectivity index (χ3n) is 4.60. The van der Waals surface area contributed by atoms with E-state index in [0.717, 1.165) is 30.5 Å². The highest BCUT2D eigenvalue weighted by Gasteiger charge is 2.15. The fourth-order valence-electron chi connectivity index (χ4n) is 2.97. The zero-order chi connectivity index (χ0) is 19.8. The summed E-state index contributed by atoms with van der Waals surface area (Å²) in [5, 5.41) is 25.4. The van der Waals surface area contributed by atoms with Crippen LogP contribution in [0.4, 0.5) is 10.5 Å². The summed E-state index contributed by atoms with van der Waals surface area (Å²) in [7, 11) is 1.28. The standard InChI is InChI=1S/C21H28N2O4/c1-4-16(13-22-14(2)11-15-5-8-18(24)9-6-15)17-7-10-20(25)19(12-17)23-21(26)27-3/h5-10,12,14,16,22,24-25H,4,11,13H2,1-3H3,(H,23,26)/t14-,16-/m1/s1. The molecule has 0 aliphatic carbocycles. The molecule has 0 aliphatic heterocycles. The smallest absolute Gasteiger partial charge is 0.411 e. The van der Waals surface area contributed by atoms with Crippen molar-refractivity contribution in [1.29, 1.82) is 0 Å². The van der Waals surface area contributed by atoms with Crippen molar-refractivity contribution in [3.05, 3.63) is 53.6 Å². The first kappa shape index (κ1) is 20.6. The van der Waals surface area contributed by atoms with Crippen LogP contribution in [-0.4, -0.2) is 36.0 Å². The van der Waals surface area contributed by atoms with Crippen molar-refractivity contribution in [2.45, 2.75) is 38.6 Å². The molecule has 0 heterocycles. The first-order chi connectivity index (χ1) is 12.9. The number of anilines is 1. The van der Waals surface area contributed by atoms with E-state index in [1.165, 1.54) is 7.11 Å². The Kier molecular flexibility index (Phi) is 7.49. The summed E-state index contributed by atoms with van der Waals surface area (Å²) in [5.74, 6) is 0.521. The van der Waals surface area contributed by atoms with E-state index in [4.69, 9.17) is 0 Å². The fraction of sp³-hybridized carbons (Fsp3) is 0.381. The van der Waals surface area contributed by atoms with Gasteiger partial charge in [0.15, 0.2) is 0 Å². The third-order valence-corrected chi connectivity index (χ3v) is 4.60. The number of aromatic hydroxyl groups is 2. The Morgan fingerprint density at radius 1 is 1.15 bits per heavy atom. The van der Waals surface area contributed by atoms with E-state index < -0.39 is 6.09 Å². The number of phenolic OH excluding ortho intramolecular Hbond substituents is 2. The molecule has 6 nitrogen and oxygen atoms in total. The molecule has 0 unspecified atom stereocenters. The Morgan fingerprint density at radius 2 is 1.85 bits per heavy atom. The molecule has 0 fully saturated rings. The molecule has 0 saturated carbocycles. The van der Waals surface area contributed by atoms with Crippen LogP contribution in [0.5, 0.6) is 11.5 Å². The summed E-state index contributed by atoms with van der Waals surface area (Å²) < 4.78 is 4.59. The van der Waals surface area contributed by atoms with Gasteiger partial charge in [0.05, 0.1) is 12.8 Å². The van der Waals surface area contributed by atoms with Crippen LogP contribution in [0.25, 0.3) is 0 Å². The second kappa shape index (κ2) is 9.83. The molecule has 0 aliphatic rings. The molecule has 0 saturated heterocycles. The Morgan fingerprint density at radius 3 is 2.48 bits per heavy atom. The maximum absolute atomic E-state index is 11.4. The molecule has 2 rings (SSSR count). The van der Waals surface area contributed by atoms with Crippen molar-refractivity contribution in [3.63, 3.8) is 0 Å². The van der Waals surface area contributed by atoms with Crippen LogP contribution in [0.1, 0.15) is 37.3 Å². The predicted octanol–water partition coefficient (Wildman–Crippen LogP) is 3.99. The molecule has 2 atom stereocenters. The second-order valence-corrected chi connectivity index (χ2v) is 6.68. The average molecular weight is 372 g/mol. The van der Waals surface area contributed by atoms with Crippen molar-refractivity contribution in [2.24, 2.45) is 0 Å². The minimum absolute atomic E-state index is 0.00709. The third kappa shape index (κ3) is 6.18. The molecular formula is C21H28N2O4. The second-order valence-electron chi connectivity index (χ2n) is 6.68. The molecule has 27 heavy (non-hydrogen) atoms. The summed E-state index contributed by atoms with van der Waals surface area (Å²) in [6, 6.07) is 12.8. The van der Waals surface area contributed by atoms with E-state index in [1.807, 2.05) is 18.2 Å². The van der Waals surface area contributed by atoms with Gasteiger partial charge in [0.25, 0.3) is 0 Å². The van der Waals surface area contributed by atoms with Gasteiger partial charge in [0, 0.05) is 12.6 Å². The molecule has 0 spiro atoms. The van der Waals surface area contributed by atoms with E-state index in [2.05, 4.69) is 29.2 Å². The molecule has 0 radical (unpaired) electrons. The number of nitrogens with one attached hydrogen (secondary N) is 2. The lowest BCUT2D eigenvalue weighted by atomic mass is 9.95. The first-order valence-electron chi connectivity index (χ1n) is 9.12. The van der Waals surface area contributed by atoms with Gasteiger partial charge in [-0.3, -0.25) is 5.32 Å². The molecule has 0 aromatic heterocycles. The number of phenols is 2. The number of hydrogen-bond donors (Lipinski definition) is 4. The lowest BCUT2D eigenvalue weighted by Gasteiger charge is -2.21. The van der Waals surface area contributed by atoms with Crippen molar-refractivity contribution in [2.75, 3.05) is 19.0 Å². The monoisotopic (exact) mass is 372 g/mol. The maximum Gasteiger partial charge on any atom is 0.411 e. The average Bonchev–Trinajstić information content (AvgIpc) is 2.66. The van der Waals surface area contributed by atoms with Gasteiger partial charge >= 0.3 is 6.09 Å². The first-order valence-corrected chi connectivity index (χ1v) is 9.12. The van der Waals surface area contributed by atoms with E-state index >= 15 is 0 Å². The zero-order valence-electron chi connectivity index (χ0n) is 16.0. The topological polar surface area (TPSA) is 90.8 Å². The summed E-state index contributed by atoms with van der Waals surface area (Å²) >= 11 is 0. The number of ether oxygens (including phenoxy) is 1. The van der Waals surface area contributed by atoms with Crippen LogP contribution < -0.4 is 10.6 Å². The van der Waals surface area contributed by atoms with Crippen molar-refractivity contribution in [1.82, 2.24) is 5.32 Å². The van der Waals surface area contributed by atoms with Gasteiger partial charge in [0.1, 0.15) is 11.5 Å². The quantitative estimate of drug-likeness (QED) is 0.526. The molecular weight excluding hydrogens is 344 g/mol. The highest BCUT2D eigenvalue weighted by Crippen LogP contribution is 2.29. The van der Waals surface area contributed by atoms with E-state index in [9.17, 15) is 15.0 Å². The van der Waals surface area contributed by atoms with Gasteiger partial charge in [-0.25, -0.2) is 4.79 Å². The van der Waals surface area contributed by atoms with Gasteiger partial charge in [-0.15, -0.1) is 0 Å². The van der Waals surface area contributed by atoms with Crippen molar-refractivity contribution in [3.8, 4) is 11.5 Å². The fourth-order valence-corrected chi connectivity index (χ4v) is 2.97. The van der Waals surface area contributed by atoms with Crippen LogP contribution in [0.2, 0.25) is 0 Å². The van der Waals surface area contributed by atoms with E-state index in [-0.39, 0.29) is 23.5 Å². The van der Waals surface area contributed by atoms with Gasteiger partial charge in [-0.1, -0.05) is 25.1 Å². The zero-order valence-corrected chi connectivity index (χ0v) is 16.0. The Bertz CT molecular complexity index is 746. The van der Waals surface area contributed by atoms with Crippen molar-refractivity contribution < 1.29 is 19.7 Å². The minimum Gasteiger partial charge on any atom is -0.508 e. The summed E-state index contributed by atoms with van der Waals surface area (Å²) in [6.07, 6.45) is 1.17. The van der Waals surface area contributed by atoms with Crippen LogP contribution in [0, 0.1) is 0 Å². The summed E-state index contributed by atoms with van der Waals surface area (Å²) in [4.78, 5) is 11.4. The minimum atomic E-state index is -0.615. The van der Waals surface area contributed by atoms with Gasteiger partial charge in [-0.2, -0.15) is 0 Å². The maximum atomic E-state index is 11.4. The summed E-state index contributed by atoms with van der Waals surface area (Å²) in [5.41, 5.74) is 2.54. The number of carbonyl (C=O) groups is 1. The largest absolute Gasteiger partial charge is 0.508 e. The van der Waals surface area contributed by atoms with Crippen LogP contribution in [0.3, 0.4) is 0 Å². The van der Waals surface area contributed by atoms with Gasteiger partial charge in [0.2, 0.25) is 0 Å². The molecule has 6 heteroatoms. The van der Waals surface area contributed by atoms with Crippen LogP contribution in [0.15, 0.2) is 42.5 Å². The number of methoxy groups -OCH3 is 1. The van der Waals surface area contributed by atoms with E-state index in [0.29, 0.717) is 5.69 Å². The number of rotatable bonds is 8. The van der Waals surface area contributed by atoms with Gasteiger partial charge < -0.3 is 20.3 Å². The normalized spacial score (nSPS) is 13.0. The highest BCUT2D eigenvalue weighted by molar-refractivity contribution is 5.86. The molecule has 4 N–H and O–H groups in total. The lowest BCUT2D eigenvalue weighted by molar-refractivity contribution is 0.187. The highest BCUT2D eigenvalue weighted by atomic mass is 16.5. The van der Waals surface area contributed by atoms with Gasteiger partial charge in [-0.05, 0) is 61.1 Å². The number of amides is 1. The lowest BCUT2D eigenvalue weighted by Crippen LogP contribution is -2.32. The SMILES string of the molecule is CC[C@H](CN[C@H](C)Cc1ccc(O)cc1)c1ccc(O)c(NC(=O)OC)c1. The van der Waals surface area contributed by atoms with Crippen LogP contribution >= 0.6 is 0 Å². The summed E-state index contributed by atoms with van der Waals surface area (Å²) in [6.45, 7) is 5.01. The number of benzene rings is 2. The Balaban J connectivity index is 1.98. The van der Waals surface area contributed by atoms with E-state index in [1.54, 1.807) is 24.3 Å². The molecule has 0 bridgehead atoms.